The Morgan fingerprint density at radius 2 is 1.87 bits per heavy atom. The van der Waals surface area contributed by atoms with E-state index in [1.165, 1.54) is 0 Å². The first kappa shape index (κ1) is 22.9. The number of nitrogens with one attached hydrogen (secondary N) is 2. The molecule has 1 aliphatic heterocycles. The van der Waals surface area contributed by atoms with E-state index >= 15 is 0 Å². The Kier molecular flexibility index (Phi) is 6.77. The third kappa shape index (κ3) is 4.78. The number of benzene rings is 1. The second-order valence-corrected chi connectivity index (χ2v) is 10.4. The van der Waals surface area contributed by atoms with Gasteiger partial charge in [-0.15, -0.1) is 0 Å². The number of nitriles is 2. The lowest BCUT2D eigenvalue weighted by Gasteiger charge is -2.47. The van der Waals surface area contributed by atoms with Gasteiger partial charge < -0.3 is 10.6 Å². The molecule has 31 heavy (non-hydrogen) atoms. The number of rotatable bonds is 4. The van der Waals surface area contributed by atoms with Gasteiger partial charge in [0, 0.05) is 11.1 Å². The molecule has 1 spiro atoms. The van der Waals surface area contributed by atoms with Crippen LogP contribution in [0.2, 0.25) is 0 Å². The van der Waals surface area contributed by atoms with Crippen molar-refractivity contribution < 1.29 is 9.59 Å². The predicted octanol–water partition coefficient (Wildman–Crippen LogP) is 4.59. The fourth-order valence-corrected chi connectivity index (χ4v) is 5.63. The van der Waals surface area contributed by atoms with Crippen molar-refractivity contribution in [3.8, 4) is 12.1 Å². The molecule has 7 heteroatoms. The highest BCUT2D eigenvalue weighted by Crippen LogP contribution is 2.55. The molecule has 1 saturated carbocycles. The van der Waals surface area contributed by atoms with E-state index in [9.17, 15) is 20.1 Å². The highest BCUT2D eigenvalue weighted by Gasteiger charge is 2.53. The summed E-state index contributed by atoms with van der Waals surface area (Å²) in [5, 5.41) is 25.7. The third-order valence-electron chi connectivity index (χ3n) is 6.53. The monoisotopic (exact) mass is 436 g/mol. The molecule has 1 atom stereocenters. The SMILES string of the molecule is CC(C)(C)C1CCC2(CC1)C(C#N)=C(SCC(=O)Nc1ccccc1)NC(=O)[C@H]2C#N. The Balaban J connectivity index is 1.82. The molecule has 1 aromatic carbocycles. The van der Waals surface area contributed by atoms with E-state index in [4.69, 9.17) is 0 Å². The summed E-state index contributed by atoms with van der Waals surface area (Å²) < 4.78 is 0. The van der Waals surface area contributed by atoms with Crippen LogP contribution in [0.4, 0.5) is 5.69 Å². The molecule has 2 amide bonds. The summed E-state index contributed by atoms with van der Waals surface area (Å²) in [6.07, 6.45) is 2.99. The Hall–Kier alpha value is -2.77. The fourth-order valence-electron chi connectivity index (χ4n) is 4.71. The lowest BCUT2D eigenvalue weighted by atomic mass is 9.56. The number of hydrogen-bond donors (Lipinski definition) is 2. The summed E-state index contributed by atoms with van der Waals surface area (Å²) in [6.45, 7) is 6.62. The minimum atomic E-state index is -0.884. The van der Waals surface area contributed by atoms with E-state index in [1.807, 2.05) is 18.2 Å². The first-order valence-corrected chi connectivity index (χ1v) is 11.5. The quantitative estimate of drug-likeness (QED) is 0.718. The number of nitrogens with zero attached hydrogens (tertiary/aromatic N) is 2. The highest BCUT2D eigenvalue weighted by molar-refractivity contribution is 8.03. The summed E-state index contributed by atoms with van der Waals surface area (Å²) in [4.78, 5) is 25.2. The molecule has 1 aliphatic carbocycles. The van der Waals surface area contributed by atoms with Crippen molar-refractivity contribution in [2.75, 3.05) is 11.1 Å². The van der Waals surface area contributed by atoms with E-state index < -0.39 is 11.3 Å². The van der Waals surface area contributed by atoms with Crippen molar-refractivity contribution in [1.82, 2.24) is 5.32 Å². The molecule has 0 unspecified atom stereocenters. The first-order chi connectivity index (χ1) is 14.7. The van der Waals surface area contributed by atoms with Gasteiger partial charge in [-0.2, -0.15) is 10.5 Å². The van der Waals surface area contributed by atoms with Crippen molar-refractivity contribution in [3.63, 3.8) is 0 Å². The van der Waals surface area contributed by atoms with Crippen molar-refractivity contribution in [2.24, 2.45) is 22.7 Å². The van der Waals surface area contributed by atoms with Crippen LogP contribution < -0.4 is 10.6 Å². The Morgan fingerprint density at radius 3 is 2.42 bits per heavy atom. The standard InChI is InChI=1S/C24H28N4O2S/c1-23(2,3)16-9-11-24(12-10-16)18(13-25)21(30)28-22(19(24)14-26)31-15-20(29)27-17-7-5-4-6-8-17/h4-8,16,18H,9-12,15H2,1-3H3,(H,27,29)(H,28,30)/t16?,18-,24?/m1/s1. The maximum Gasteiger partial charge on any atom is 0.243 e. The van der Waals surface area contributed by atoms with Crippen LogP contribution in [-0.4, -0.2) is 17.6 Å². The normalized spacial score (nSPS) is 26.0. The third-order valence-corrected chi connectivity index (χ3v) is 7.53. The second-order valence-electron chi connectivity index (χ2n) is 9.37. The summed E-state index contributed by atoms with van der Waals surface area (Å²) in [5.74, 6) is -0.932. The van der Waals surface area contributed by atoms with Crippen molar-refractivity contribution in [2.45, 2.75) is 46.5 Å². The maximum absolute atomic E-state index is 12.8. The van der Waals surface area contributed by atoms with Crippen LogP contribution in [0.5, 0.6) is 0 Å². The van der Waals surface area contributed by atoms with Gasteiger partial charge in [-0.25, -0.2) is 0 Å². The van der Waals surface area contributed by atoms with Crippen LogP contribution in [0.3, 0.4) is 0 Å². The minimum Gasteiger partial charge on any atom is -0.325 e. The van der Waals surface area contributed by atoms with Crippen LogP contribution in [0.1, 0.15) is 46.5 Å². The van der Waals surface area contributed by atoms with Crippen LogP contribution in [0.15, 0.2) is 40.9 Å². The van der Waals surface area contributed by atoms with Gasteiger partial charge in [0.05, 0.1) is 28.5 Å². The number of thioether (sulfide) groups is 1. The molecule has 0 radical (unpaired) electrons. The van der Waals surface area contributed by atoms with E-state index in [0.717, 1.165) is 24.6 Å². The molecule has 0 bridgehead atoms. The maximum atomic E-state index is 12.8. The zero-order chi connectivity index (χ0) is 22.6. The summed E-state index contributed by atoms with van der Waals surface area (Å²) in [6, 6.07) is 13.6. The molecule has 2 aliphatic rings. The molecular weight excluding hydrogens is 408 g/mol. The average Bonchev–Trinajstić information content (AvgIpc) is 2.73. The molecule has 162 valence electrons. The number of carbonyl (C=O) groups is 2. The van der Waals surface area contributed by atoms with Crippen molar-refractivity contribution in [3.05, 3.63) is 40.9 Å². The van der Waals surface area contributed by atoms with E-state index in [1.54, 1.807) is 12.1 Å². The Labute approximate surface area is 188 Å². The van der Waals surface area contributed by atoms with Gasteiger partial charge in [-0.1, -0.05) is 50.7 Å². The number of amides is 2. The minimum absolute atomic E-state index is 0.0631. The van der Waals surface area contributed by atoms with Gasteiger partial charge in [0.1, 0.15) is 5.92 Å². The number of hydrogen-bond acceptors (Lipinski definition) is 5. The molecule has 1 fully saturated rings. The molecule has 1 heterocycles. The Morgan fingerprint density at radius 1 is 1.23 bits per heavy atom. The smallest absolute Gasteiger partial charge is 0.243 e. The molecule has 2 N–H and O–H groups in total. The second kappa shape index (κ2) is 9.16. The molecule has 0 aromatic heterocycles. The van der Waals surface area contributed by atoms with Crippen LogP contribution in [0, 0.1) is 45.3 Å². The van der Waals surface area contributed by atoms with Gasteiger partial charge in [0.2, 0.25) is 11.8 Å². The molecule has 3 rings (SSSR count). The topological polar surface area (TPSA) is 106 Å². The lowest BCUT2D eigenvalue weighted by Crippen LogP contribution is -2.49. The zero-order valence-corrected chi connectivity index (χ0v) is 19.0. The van der Waals surface area contributed by atoms with Crippen LogP contribution >= 0.6 is 11.8 Å². The van der Waals surface area contributed by atoms with Gasteiger partial charge in [0.25, 0.3) is 0 Å². The average molecular weight is 437 g/mol. The highest BCUT2D eigenvalue weighted by atomic mass is 32.2. The van der Waals surface area contributed by atoms with E-state index in [-0.39, 0.29) is 23.0 Å². The number of para-hydroxylation sites is 1. The summed E-state index contributed by atoms with van der Waals surface area (Å²) in [5.41, 5.74) is 0.510. The summed E-state index contributed by atoms with van der Waals surface area (Å²) >= 11 is 1.15. The molecule has 0 saturated heterocycles. The number of anilines is 1. The van der Waals surface area contributed by atoms with Crippen molar-refractivity contribution in [1.29, 1.82) is 10.5 Å². The van der Waals surface area contributed by atoms with Crippen molar-refractivity contribution >= 4 is 29.3 Å². The van der Waals surface area contributed by atoms with E-state index in [0.29, 0.717) is 35.0 Å². The predicted molar refractivity (Wildman–Crippen MR) is 121 cm³/mol. The molecule has 1 aromatic rings. The fraction of sp³-hybridized carbons (Fsp3) is 0.500. The number of carbonyl (C=O) groups excluding carboxylic acids is 2. The first-order valence-electron chi connectivity index (χ1n) is 10.5. The van der Waals surface area contributed by atoms with Gasteiger partial charge >= 0.3 is 0 Å². The lowest BCUT2D eigenvalue weighted by molar-refractivity contribution is -0.127. The zero-order valence-electron chi connectivity index (χ0n) is 18.2. The number of allylic oxidation sites excluding steroid dienone is 1. The largest absolute Gasteiger partial charge is 0.325 e. The summed E-state index contributed by atoms with van der Waals surface area (Å²) in [7, 11) is 0. The van der Waals surface area contributed by atoms with E-state index in [2.05, 4.69) is 43.5 Å². The van der Waals surface area contributed by atoms with Gasteiger partial charge in [-0.05, 0) is 49.1 Å². The molecular formula is C24H28N4O2S. The van der Waals surface area contributed by atoms with Gasteiger partial charge in [-0.3, -0.25) is 9.59 Å². The Bertz CT molecular complexity index is 958. The van der Waals surface area contributed by atoms with Gasteiger partial charge in [0.15, 0.2) is 0 Å². The van der Waals surface area contributed by atoms with Crippen LogP contribution in [-0.2, 0) is 9.59 Å². The molecule has 6 nitrogen and oxygen atoms in total. The van der Waals surface area contributed by atoms with Crippen LogP contribution in [0.25, 0.3) is 0 Å².